The Morgan fingerprint density at radius 2 is 2.00 bits per heavy atom. The quantitative estimate of drug-likeness (QED) is 0.728. The Bertz CT molecular complexity index is 389. The molecule has 0 aliphatic heterocycles. The first kappa shape index (κ1) is 10.5. The summed E-state index contributed by atoms with van der Waals surface area (Å²) < 4.78 is 0. The van der Waals surface area contributed by atoms with Crippen LogP contribution in [0.2, 0.25) is 0 Å². The van der Waals surface area contributed by atoms with Gasteiger partial charge in [-0.05, 0) is 49.6 Å². The maximum atomic E-state index is 11.0. The lowest BCUT2D eigenvalue weighted by Crippen LogP contribution is -1.90. The van der Waals surface area contributed by atoms with E-state index < -0.39 is 0 Å². The normalized spacial score (nSPS) is 11.5. The third-order valence-electron chi connectivity index (χ3n) is 2.17. The minimum atomic E-state index is 0.0464. The summed E-state index contributed by atoms with van der Waals surface area (Å²) in [7, 11) is 0. The first-order chi connectivity index (χ1) is 6.50. The van der Waals surface area contributed by atoms with Gasteiger partial charge >= 0.3 is 0 Å². The predicted molar refractivity (Wildman–Crippen MR) is 57.2 cm³/mol. The Morgan fingerprint density at radius 3 is 2.50 bits per heavy atom. The molecular formula is C12H14O2. The molecule has 1 N–H and O–H groups in total. The Hall–Kier alpha value is -1.57. The zero-order valence-corrected chi connectivity index (χ0v) is 8.66. The number of phenols is 1. The molecule has 74 valence electrons. The van der Waals surface area contributed by atoms with Crippen molar-refractivity contribution < 1.29 is 9.90 Å². The van der Waals surface area contributed by atoms with Gasteiger partial charge in [-0.2, -0.15) is 0 Å². The van der Waals surface area contributed by atoms with Gasteiger partial charge in [0.25, 0.3) is 0 Å². The summed E-state index contributed by atoms with van der Waals surface area (Å²) in [5, 5.41) is 9.44. The fraction of sp³-hybridized carbons (Fsp3) is 0.250. The van der Waals surface area contributed by atoms with E-state index in [1.54, 1.807) is 19.1 Å². The van der Waals surface area contributed by atoms with Crippen LogP contribution < -0.4 is 0 Å². The molecule has 1 rings (SSSR count). The van der Waals surface area contributed by atoms with E-state index in [9.17, 15) is 9.90 Å². The van der Waals surface area contributed by atoms with Crippen molar-refractivity contribution in [3.05, 3.63) is 34.9 Å². The third kappa shape index (κ3) is 2.46. The molecule has 0 heterocycles. The van der Waals surface area contributed by atoms with Gasteiger partial charge in [0.2, 0.25) is 0 Å². The number of rotatable bonds is 2. The molecule has 0 aliphatic carbocycles. The van der Waals surface area contributed by atoms with Crippen molar-refractivity contribution in [2.24, 2.45) is 0 Å². The van der Waals surface area contributed by atoms with Crippen LogP contribution in [0.5, 0.6) is 5.75 Å². The first-order valence-electron chi connectivity index (χ1n) is 4.49. The standard InChI is InChI=1S/C12H14O2/c1-8-4-5-11(7-12(8)14)6-9(2)10(3)13/h4-7,14H,1-3H3/b9-6+. The second kappa shape index (κ2) is 4.09. The minimum absolute atomic E-state index is 0.0464. The van der Waals surface area contributed by atoms with Gasteiger partial charge < -0.3 is 5.11 Å². The van der Waals surface area contributed by atoms with Crippen LogP contribution in [0.1, 0.15) is 25.0 Å². The van der Waals surface area contributed by atoms with E-state index in [-0.39, 0.29) is 11.5 Å². The Morgan fingerprint density at radius 1 is 1.36 bits per heavy atom. The van der Waals surface area contributed by atoms with Gasteiger partial charge in [-0.3, -0.25) is 4.79 Å². The highest BCUT2D eigenvalue weighted by atomic mass is 16.3. The average molecular weight is 190 g/mol. The molecule has 1 aromatic carbocycles. The largest absolute Gasteiger partial charge is 0.508 e. The van der Waals surface area contributed by atoms with Crippen molar-refractivity contribution in [3.63, 3.8) is 0 Å². The van der Waals surface area contributed by atoms with Crippen molar-refractivity contribution in [3.8, 4) is 5.75 Å². The second-order valence-electron chi connectivity index (χ2n) is 3.43. The number of hydrogen-bond donors (Lipinski definition) is 1. The number of hydrogen-bond acceptors (Lipinski definition) is 2. The molecule has 0 unspecified atom stereocenters. The number of ketones is 1. The smallest absolute Gasteiger partial charge is 0.155 e. The van der Waals surface area contributed by atoms with Crippen LogP contribution in [0, 0.1) is 6.92 Å². The summed E-state index contributed by atoms with van der Waals surface area (Å²) >= 11 is 0. The third-order valence-corrected chi connectivity index (χ3v) is 2.17. The molecule has 0 aromatic heterocycles. The van der Waals surface area contributed by atoms with E-state index in [1.807, 2.05) is 19.1 Å². The molecule has 0 spiro atoms. The summed E-state index contributed by atoms with van der Waals surface area (Å²) in [4.78, 5) is 11.0. The van der Waals surface area contributed by atoms with Crippen LogP contribution in [0.4, 0.5) is 0 Å². The van der Waals surface area contributed by atoms with Gasteiger partial charge in [0, 0.05) is 0 Å². The van der Waals surface area contributed by atoms with E-state index in [1.165, 1.54) is 6.92 Å². The van der Waals surface area contributed by atoms with E-state index in [0.717, 1.165) is 11.1 Å². The van der Waals surface area contributed by atoms with Gasteiger partial charge in [-0.15, -0.1) is 0 Å². The number of phenolic OH excluding ortho intramolecular Hbond substituents is 1. The summed E-state index contributed by atoms with van der Waals surface area (Å²) in [5.74, 6) is 0.306. The first-order valence-corrected chi connectivity index (χ1v) is 4.49. The fourth-order valence-corrected chi connectivity index (χ4v) is 1.07. The number of benzene rings is 1. The molecular weight excluding hydrogens is 176 g/mol. The Balaban J connectivity index is 3.04. The Labute approximate surface area is 83.9 Å². The molecule has 2 nitrogen and oxygen atoms in total. The molecule has 0 atom stereocenters. The van der Waals surface area contributed by atoms with Crippen molar-refractivity contribution in [1.82, 2.24) is 0 Å². The molecule has 0 aliphatic rings. The van der Waals surface area contributed by atoms with Crippen LogP contribution in [-0.2, 0) is 4.79 Å². The highest BCUT2D eigenvalue weighted by Crippen LogP contribution is 2.19. The van der Waals surface area contributed by atoms with E-state index in [0.29, 0.717) is 5.57 Å². The second-order valence-corrected chi connectivity index (χ2v) is 3.43. The van der Waals surface area contributed by atoms with Gasteiger partial charge in [0.05, 0.1) is 0 Å². The molecule has 0 saturated heterocycles. The number of allylic oxidation sites excluding steroid dienone is 1. The maximum absolute atomic E-state index is 11.0. The van der Waals surface area contributed by atoms with Crippen LogP contribution in [-0.4, -0.2) is 10.9 Å². The number of Topliss-reactive ketones (excluding diaryl/α,β-unsaturated/α-hetero) is 1. The monoisotopic (exact) mass is 190 g/mol. The van der Waals surface area contributed by atoms with Crippen LogP contribution in [0.15, 0.2) is 23.8 Å². The van der Waals surface area contributed by atoms with Gasteiger partial charge in [-0.25, -0.2) is 0 Å². The molecule has 0 saturated carbocycles. The number of aromatic hydroxyl groups is 1. The molecule has 1 aromatic rings. The van der Waals surface area contributed by atoms with Crippen molar-refractivity contribution >= 4 is 11.9 Å². The van der Waals surface area contributed by atoms with E-state index in [2.05, 4.69) is 0 Å². The molecule has 2 heteroatoms. The lowest BCUT2D eigenvalue weighted by Gasteiger charge is -2.00. The molecule has 0 bridgehead atoms. The van der Waals surface area contributed by atoms with E-state index >= 15 is 0 Å². The lowest BCUT2D eigenvalue weighted by atomic mass is 10.1. The highest BCUT2D eigenvalue weighted by molar-refractivity contribution is 5.97. The van der Waals surface area contributed by atoms with Crippen LogP contribution in [0.3, 0.4) is 0 Å². The molecule has 0 amide bonds. The molecule has 0 fully saturated rings. The summed E-state index contributed by atoms with van der Waals surface area (Å²) in [6, 6.07) is 5.36. The van der Waals surface area contributed by atoms with Crippen LogP contribution >= 0.6 is 0 Å². The number of carbonyl (C=O) groups is 1. The van der Waals surface area contributed by atoms with Gasteiger partial charge in [-0.1, -0.05) is 12.1 Å². The zero-order chi connectivity index (χ0) is 10.7. The molecule has 0 radical (unpaired) electrons. The highest BCUT2D eigenvalue weighted by Gasteiger charge is 1.99. The van der Waals surface area contributed by atoms with E-state index in [4.69, 9.17) is 0 Å². The van der Waals surface area contributed by atoms with Gasteiger partial charge in [0.15, 0.2) is 5.78 Å². The van der Waals surface area contributed by atoms with Gasteiger partial charge in [0.1, 0.15) is 5.75 Å². The zero-order valence-electron chi connectivity index (χ0n) is 8.66. The maximum Gasteiger partial charge on any atom is 0.155 e. The van der Waals surface area contributed by atoms with Crippen LogP contribution in [0.25, 0.3) is 6.08 Å². The summed E-state index contributed by atoms with van der Waals surface area (Å²) in [6.07, 6.45) is 1.77. The minimum Gasteiger partial charge on any atom is -0.508 e. The SMILES string of the molecule is CC(=O)/C(C)=C/c1ccc(C)c(O)c1. The van der Waals surface area contributed by atoms with Crippen molar-refractivity contribution in [2.45, 2.75) is 20.8 Å². The Kier molecular flexibility index (Phi) is 3.07. The topological polar surface area (TPSA) is 37.3 Å². The summed E-state index contributed by atoms with van der Waals surface area (Å²) in [6.45, 7) is 5.12. The molecule has 14 heavy (non-hydrogen) atoms. The average Bonchev–Trinajstić information content (AvgIpc) is 2.11. The number of aryl methyl sites for hydroxylation is 1. The number of carbonyl (C=O) groups excluding carboxylic acids is 1. The fourth-order valence-electron chi connectivity index (χ4n) is 1.07. The summed E-state index contributed by atoms with van der Waals surface area (Å²) in [5.41, 5.74) is 2.37. The van der Waals surface area contributed by atoms with Crippen molar-refractivity contribution in [2.75, 3.05) is 0 Å². The van der Waals surface area contributed by atoms with Crippen molar-refractivity contribution in [1.29, 1.82) is 0 Å². The lowest BCUT2D eigenvalue weighted by molar-refractivity contribution is -0.113. The predicted octanol–water partition coefficient (Wildman–Crippen LogP) is 2.69.